The van der Waals surface area contributed by atoms with Gasteiger partial charge in [-0.05, 0) is 31.6 Å². The summed E-state index contributed by atoms with van der Waals surface area (Å²) in [6.07, 6.45) is -0.450. The number of alkyl halides is 2. The van der Waals surface area contributed by atoms with E-state index in [4.69, 9.17) is 4.55 Å². The van der Waals surface area contributed by atoms with Gasteiger partial charge in [0.25, 0.3) is 0 Å². The van der Waals surface area contributed by atoms with Gasteiger partial charge in [0.15, 0.2) is 0 Å². The number of hydrogen-bond acceptors (Lipinski definition) is 5. The highest BCUT2D eigenvalue weighted by atomic mass is 32.2. The van der Waals surface area contributed by atoms with Crippen molar-refractivity contribution in [1.29, 1.82) is 0 Å². The van der Waals surface area contributed by atoms with Gasteiger partial charge < -0.3 is 9.84 Å². The van der Waals surface area contributed by atoms with Crippen LogP contribution in [0.1, 0.15) is 33.6 Å². The minimum Gasteiger partial charge on any atom is -0.451 e. The molecule has 0 amide bonds. The summed E-state index contributed by atoms with van der Waals surface area (Å²) in [5.41, 5.74) is -1.62. The normalized spacial score (nSPS) is 35.6. The van der Waals surface area contributed by atoms with Crippen molar-refractivity contribution in [2.24, 2.45) is 11.8 Å². The molecule has 1 aliphatic rings. The maximum Gasteiger partial charge on any atom is 0.465 e. The Morgan fingerprint density at radius 1 is 1.40 bits per heavy atom. The van der Waals surface area contributed by atoms with Crippen molar-refractivity contribution in [2.45, 2.75) is 50.6 Å². The lowest BCUT2D eigenvalue weighted by atomic mass is 9.72. The van der Waals surface area contributed by atoms with Crippen LogP contribution >= 0.6 is 0 Å². The zero-order valence-electron chi connectivity index (χ0n) is 11.3. The number of hydrogen-bond donors (Lipinski definition) is 2. The first-order valence-corrected chi connectivity index (χ1v) is 7.51. The van der Waals surface area contributed by atoms with Crippen LogP contribution in [-0.2, 0) is 19.6 Å². The SMILES string of the molecule is CC1CC(C)C(O)C(C)(OC(=O)C(F)(F)S(=O)(=O)O)C1. The van der Waals surface area contributed by atoms with E-state index in [1.807, 2.05) is 0 Å². The van der Waals surface area contributed by atoms with Crippen LogP contribution in [0.5, 0.6) is 0 Å². The predicted octanol–water partition coefficient (Wildman–Crippen LogP) is 1.20. The van der Waals surface area contributed by atoms with Crippen molar-refractivity contribution >= 4 is 16.1 Å². The number of ether oxygens (including phenoxy) is 1. The van der Waals surface area contributed by atoms with Crippen LogP contribution in [0.3, 0.4) is 0 Å². The van der Waals surface area contributed by atoms with E-state index < -0.39 is 33.0 Å². The van der Waals surface area contributed by atoms with Gasteiger partial charge in [-0.3, -0.25) is 4.55 Å². The van der Waals surface area contributed by atoms with E-state index in [-0.39, 0.29) is 18.3 Å². The number of esters is 1. The van der Waals surface area contributed by atoms with Crippen LogP contribution in [0.4, 0.5) is 8.78 Å². The maximum atomic E-state index is 13.2. The van der Waals surface area contributed by atoms with Crippen LogP contribution < -0.4 is 0 Å². The lowest BCUT2D eigenvalue weighted by Gasteiger charge is -2.44. The van der Waals surface area contributed by atoms with E-state index in [1.165, 1.54) is 6.92 Å². The van der Waals surface area contributed by atoms with Gasteiger partial charge in [-0.2, -0.15) is 17.2 Å². The van der Waals surface area contributed by atoms with Crippen molar-refractivity contribution in [3.05, 3.63) is 0 Å². The van der Waals surface area contributed by atoms with Gasteiger partial charge in [0, 0.05) is 0 Å². The van der Waals surface area contributed by atoms with Crippen molar-refractivity contribution in [3.8, 4) is 0 Å². The molecule has 1 aliphatic carbocycles. The lowest BCUT2D eigenvalue weighted by Crippen LogP contribution is -2.54. The van der Waals surface area contributed by atoms with Crippen LogP contribution in [0.25, 0.3) is 0 Å². The van der Waals surface area contributed by atoms with Gasteiger partial charge in [-0.1, -0.05) is 13.8 Å². The topological polar surface area (TPSA) is 101 Å². The molecule has 0 aromatic carbocycles. The average molecular weight is 316 g/mol. The largest absolute Gasteiger partial charge is 0.465 e. The molecule has 0 spiro atoms. The molecule has 0 bridgehead atoms. The smallest absolute Gasteiger partial charge is 0.451 e. The first-order chi connectivity index (χ1) is 8.81. The summed E-state index contributed by atoms with van der Waals surface area (Å²) in [6, 6.07) is 0. The second-order valence-electron chi connectivity index (χ2n) is 5.66. The third-order valence-electron chi connectivity index (χ3n) is 3.58. The first kappa shape index (κ1) is 17.3. The summed E-state index contributed by atoms with van der Waals surface area (Å²) in [5, 5.41) is 4.94. The Labute approximate surface area is 115 Å². The monoisotopic (exact) mass is 316 g/mol. The highest BCUT2D eigenvalue weighted by Gasteiger charge is 2.57. The molecule has 0 radical (unpaired) electrons. The van der Waals surface area contributed by atoms with Gasteiger partial charge in [0.2, 0.25) is 0 Å². The average Bonchev–Trinajstić information content (AvgIpc) is 2.23. The summed E-state index contributed by atoms with van der Waals surface area (Å²) >= 11 is 0. The van der Waals surface area contributed by atoms with E-state index >= 15 is 0 Å². The van der Waals surface area contributed by atoms with Gasteiger partial charge in [-0.25, -0.2) is 4.79 Å². The van der Waals surface area contributed by atoms with Crippen LogP contribution in [0.2, 0.25) is 0 Å². The van der Waals surface area contributed by atoms with E-state index in [0.717, 1.165) is 0 Å². The summed E-state index contributed by atoms with van der Waals surface area (Å²) in [5.74, 6) is -2.68. The zero-order valence-corrected chi connectivity index (χ0v) is 12.2. The van der Waals surface area contributed by atoms with Crippen molar-refractivity contribution in [1.82, 2.24) is 0 Å². The number of carbonyl (C=O) groups is 1. The zero-order chi connectivity index (χ0) is 15.9. The van der Waals surface area contributed by atoms with E-state index in [0.29, 0.717) is 6.42 Å². The molecular formula is C11H18F2O6S. The number of carbonyl (C=O) groups excluding carboxylic acids is 1. The summed E-state index contributed by atoms with van der Waals surface area (Å²) in [7, 11) is -5.91. The Balaban J connectivity index is 2.99. The van der Waals surface area contributed by atoms with E-state index in [9.17, 15) is 27.1 Å². The van der Waals surface area contributed by atoms with E-state index in [1.54, 1.807) is 13.8 Å². The van der Waals surface area contributed by atoms with Crippen LogP contribution in [0, 0.1) is 11.8 Å². The molecule has 0 aromatic heterocycles. The third-order valence-corrected chi connectivity index (χ3v) is 4.39. The molecule has 1 fully saturated rings. The maximum absolute atomic E-state index is 13.2. The number of aliphatic hydroxyl groups is 1. The molecule has 1 saturated carbocycles. The van der Waals surface area contributed by atoms with E-state index in [2.05, 4.69) is 4.74 Å². The Hall–Kier alpha value is -0.800. The fourth-order valence-corrected chi connectivity index (χ4v) is 2.99. The minimum atomic E-state index is -5.91. The number of aliphatic hydroxyl groups excluding tert-OH is 1. The van der Waals surface area contributed by atoms with Gasteiger partial charge in [-0.15, -0.1) is 0 Å². The molecule has 118 valence electrons. The molecule has 4 unspecified atom stereocenters. The Morgan fingerprint density at radius 3 is 2.35 bits per heavy atom. The number of rotatable bonds is 3. The second-order valence-corrected chi connectivity index (χ2v) is 7.12. The highest BCUT2D eigenvalue weighted by molar-refractivity contribution is 7.87. The Morgan fingerprint density at radius 2 is 1.90 bits per heavy atom. The standard InChI is InChI=1S/C11H18F2O6S/c1-6-4-7(2)8(14)10(3,5-6)19-9(15)11(12,13)20(16,17)18/h6-8,14H,4-5H2,1-3H3,(H,16,17,18). The first-order valence-electron chi connectivity index (χ1n) is 6.07. The fraction of sp³-hybridized carbons (Fsp3) is 0.909. The molecule has 4 atom stereocenters. The van der Waals surface area contributed by atoms with Crippen molar-refractivity contribution < 1.29 is 36.4 Å². The molecule has 1 rings (SSSR count). The van der Waals surface area contributed by atoms with Crippen LogP contribution in [0.15, 0.2) is 0 Å². The minimum absolute atomic E-state index is 0.00514. The molecule has 2 N–H and O–H groups in total. The molecule has 0 saturated heterocycles. The van der Waals surface area contributed by atoms with Gasteiger partial charge >= 0.3 is 21.3 Å². The molecule has 0 aliphatic heterocycles. The molecule has 20 heavy (non-hydrogen) atoms. The number of halogens is 2. The van der Waals surface area contributed by atoms with Gasteiger partial charge in [0.05, 0.1) is 6.10 Å². The predicted molar refractivity (Wildman–Crippen MR) is 64.6 cm³/mol. The lowest BCUT2D eigenvalue weighted by molar-refractivity contribution is -0.200. The molecule has 9 heteroatoms. The molecule has 6 nitrogen and oxygen atoms in total. The second kappa shape index (κ2) is 5.19. The molecular weight excluding hydrogens is 298 g/mol. The van der Waals surface area contributed by atoms with Crippen molar-refractivity contribution in [2.75, 3.05) is 0 Å². The molecule has 0 aromatic rings. The summed E-state index contributed by atoms with van der Waals surface area (Å²) < 4.78 is 60.2. The van der Waals surface area contributed by atoms with Crippen LogP contribution in [-0.4, -0.2) is 41.0 Å². The molecule has 0 heterocycles. The van der Waals surface area contributed by atoms with Crippen molar-refractivity contribution in [3.63, 3.8) is 0 Å². The summed E-state index contributed by atoms with van der Waals surface area (Å²) in [6.45, 7) is 4.74. The van der Waals surface area contributed by atoms with Gasteiger partial charge in [0.1, 0.15) is 5.60 Å². The summed E-state index contributed by atoms with van der Waals surface area (Å²) in [4.78, 5) is 11.3. The Kier molecular flexibility index (Phi) is 4.48. The highest BCUT2D eigenvalue weighted by Crippen LogP contribution is 2.40. The third kappa shape index (κ3) is 3.09. The fourth-order valence-electron chi connectivity index (χ4n) is 2.74. The Bertz CT molecular complexity index is 491. The quantitative estimate of drug-likeness (QED) is 0.599.